The minimum atomic E-state index is -1.05. The summed E-state index contributed by atoms with van der Waals surface area (Å²) in [6, 6.07) is 0. The maximum Gasteiger partial charge on any atom is 0.356 e. The van der Waals surface area contributed by atoms with Crippen LogP contribution in [0.1, 0.15) is 23.3 Å². The van der Waals surface area contributed by atoms with Crippen LogP contribution in [0.4, 0.5) is 5.82 Å². The summed E-state index contributed by atoms with van der Waals surface area (Å²) in [4.78, 5) is 21.7. The van der Waals surface area contributed by atoms with Crippen molar-refractivity contribution in [3.63, 3.8) is 0 Å². The van der Waals surface area contributed by atoms with Crippen LogP contribution in [0.15, 0.2) is 18.6 Å². The Labute approximate surface area is 126 Å². The van der Waals surface area contributed by atoms with Crippen LogP contribution in [0.25, 0.3) is 5.65 Å². The molecular weight excluding hydrogens is 288 g/mol. The number of ether oxygens (including phenoxy) is 2. The molecule has 22 heavy (non-hydrogen) atoms. The molecular formula is C14H16N4O4. The second-order valence-corrected chi connectivity index (χ2v) is 5.55. The van der Waals surface area contributed by atoms with Crippen molar-refractivity contribution in [1.29, 1.82) is 0 Å². The van der Waals surface area contributed by atoms with E-state index in [0.29, 0.717) is 31.2 Å². The highest BCUT2D eigenvalue weighted by atomic mass is 16.7. The van der Waals surface area contributed by atoms with Crippen LogP contribution in [-0.4, -0.2) is 57.5 Å². The van der Waals surface area contributed by atoms with Crippen LogP contribution in [0.2, 0.25) is 0 Å². The van der Waals surface area contributed by atoms with Gasteiger partial charge in [0.05, 0.1) is 19.8 Å². The Balaban J connectivity index is 1.72. The summed E-state index contributed by atoms with van der Waals surface area (Å²) < 4.78 is 13.2. The van der Waals surface area contributed by atoms with Gasteiger partial charge in [0.25, 0.3) is 0 Å². The molecule has 0 aromatic carbocycles. The van der Waals surface area contributed by atoms with Gasteiger partial charge in [0, 0.05) is 31.6 Å². The Hall–Kier alpha value is -2.19. The van der Waals surface area contributed by atoms with Gasteiger partial charge in [0.1, 0.15) is 0 Å². The Bertz CT molecular complexity index is 723. The quantitative estimate of drug-likeness (QED) is 0.876. The smallest absolute Gasteiger partial charge is 0.356 e. The number of nitrogens with zero attached hydrogens (tertiary/aromatic N) is 4. The minimum Gasteiger partial charge on any atom is -0.476 e. The topological polar surface area (TPSA) is 89.2 Å². The Morgan fingerprint density at radius 2 is 2.18 bits per heavy atom. The highest BCUT2D eigenvalue weighted by Gasteiger charge is 2.41. The number of imidazole rings is 1. The molecule has 2 saturated heterocycles. The van der Waals surface area contributed by atoms with Gasteiger partial charge in [-0.15, -0.1) is 0 Å². The van der Waals surface area contributed by atoms with Gasteiger partial charge in [0.2, 0.25) is 0 Å². The number of hydrogen-bond donors (Lipinski definition) is 1. The van der Waals surface area contributed by atoms with Crippen LogP contribution in [0.5, 0.6) is 0 Å². The third kappa shape index (κ3) is 2.11. The lowest BCUT2D eigenvalue weighted by Crippen LogP contribution is -2.49. The average Bonchev–Trinajstić information content (AvgIpc) is 3.14. The first-order valence-electron chi connectivity index (χ1n) is 7.27. The van der Waals surface area contributed by atoms with Crippen LogP contribution in [0.3, 0.4) is 0 Å². The SMILES string of the molecule is O=C(O)c1cn2ccnc(N3CCCC4(C3)OCCO4)c2n1. The first kappa shape index (κ1) is 13.5. The highest BCUT2D eigenvalue weighted by molar-refractivity contribution is 5.87. The lowest BCUT2D eigenvalue weighted by molar-refractivity contribution is -0.161. The van der Waals surface area contributed by atoms with Gasteiger partial charge in [-0.25, -0.2) is 14.8 Å². The van der Waals surface area contributed by atoms with Crippen molar-refractivity contribution in [3.05, 3.63) is 24.3 Å². The Morgan fingerprint density at radius 1 is 1.36 bits per heavy atom. The van der Waals surface area contributed by atoms with Crippen LogP contribution in [-0.2, 0) is 9.47 Å². The van der Waals surface area contributed by atoms with Gasteiger partial charge in [-0.3, -0.25) is 0 Å². The molecule has 0 aliphatic carbocycles. The number of piperidine rings is 1. The third-order valence-corrected chi connectivity index (χ3v) is 4.11. The van der Waals surface area contributed by atoms with Crippen molar-refractivity contribution in [3.8, 4) is 0 Å². The number of aromatic carboxylic acids is 1. The van der Waals surface area contributed by atoms with Crippen LogP contribution < -0.4 is 4.90 Å². The molecule has 1 spiro atoms. The molecule has 0 atom stereocenters. The summed E-state index contributed by atoms with van der Waals surface area (Å²) in [7, 11) is 0. The molecule has 0 unspecified atom stereocenters. The number of carbonyl (C=O) groups is 1. The molecule has 0 bridgehead atoms. The molecule has 2 aromatic heterocycles. The number of anilines is 1. The first-order chi connectivity index (χ1) is 10.7. The van der Waals surface area contributed by atoms with E-state index in [9.17, 15) is 4.79 Å². The number of carboxylic acids is 1. The molecule has 0 radical (unpaired) electrons. The van der Waals surface area contributed by atoms with E-state index in [1.165, 1.54) is 6.20 Å². The fourth-order valence-corrected chi connectivity index (χ4v) is 3.13. The summed E-state index contributed by atoms with van der Waals surface area (Å²) >= 11 is 0. The molecule has 8 nitrogen and oxygen atoms in total. The van der Waals surface area contributed by atoms with E-state index in [0.717, 1.165) is 19.4 Å². The van der Waals surface area contributed by atoms with Crippen LogP contribution in [0, 0.1) is 0 Å². The number of aromatic nitrogens is 3. The molecule has 2 aromatic rings. The molecule has 4 heterocycles. The van der Waals surface area contributed by atoms with Crippen molar-refractivity contribution < 1.29 is 19.4 Å². The summed E-state index contributed by atoms with van der Waals surface area (Å²) in [5.41, 5.74) is 0.546. The number of hydrogen-bond acceptors (Lipinski definition) is 6. The van der Waals surface area contributed by atoms with Crippen molar-refractivity contribution in [1.82, 2.24) is 14.4 Å². The van der Waals surface area contributed by atoms with Crippen molar-refractivity contribution >= 4 is 17.4 Å². The fraction of sp³-hybridized carbons (Fsp3) is 0.500. The van der Waals surface area contributed by atoms with Crippen molar-refractivity contribution in [2.45, 2.75) is 18.6 Å². The normalized spacial score (nSPS) is 20.8. The highest BCUT2D eigenvalue weighted by Crippen LogP contribution is 2.33. The van der Waals surface area contributed by atoms with E-state index < -0.39 is 11.8 Å². The molecule has 4 rings (SSSR count). The van der Waals surface area contributed by atoms with E-state index in [-0.39, 0.29) is 5.69 Å². The van der Waals surface area contributed by atoms with Gasteiger partial charge < -0.3 is 23.9 Å². The van der Waals surface area contributed by atoms with Gasteiger partial charge in [-0.05, 0) is 6.42 Å². The predicted molar refractivity (Wildman–Crippen MR) is 76.0 cm³/mol. The van der Waals surface area contributed by atoms with Gasteiger partial charge in [-0.2, -0.15) is 0 Å². The molecule has 2 fully saturated rings. The van der Waals surface area contributed by atoms with E-state index in [1.807, 2.05) is 0 Å². The van der Waals surface area contributed by atoms with Gasteiger partial charge >= 0.3 is 5.97 Å². The lowest BCUT2D eigenvalue weighted by Gasteiger charge is -2.39. The van der Waals surface area contributed by atoms with E-state index >= 15 is 0 Å². The summed E-state index contributed by atoms with van der Waals surface area (Å²) in [6.45, 7) is 2.61. The second kappa shape index (κ2) is 4.92. The van der Waals surface area contributed by atoms with E-state index in [1.54, 1.807) is 16.8 Å². The molecule has 2 aliphatic rings. The monoisotopic (exact) mass is 304 g/mol. The van der Waals surface area contributed by atoms with Gasteiger partial charge in [-0.1, -0.05) is 0 Å². The van der Waals surface area contributed by atoms with E-state index in [4.69, 9.17) is 14.6 Å². The van der Waals surface area contributed by atoms with Crippen molar-refractivity contribution in [2.24, 2.45) is 0 Å². The maximum atomic E-state index is 11.1. The maximum absolute atomic E-state index is 11.1. The van der Waals surface area contributed by atoms with Crippen molar-refractivity contribution in [2.75, 3.05) is 31.2 Å². The minimum absolute atomic E-state index is 0.00865. The fourth-order valence-electron chi connectivity index (χ4n) is 3.13. The summed E-state index contributed by atoms with van der Waals surface area (Å²) in [5.74, 6) is -0.949. The van der Waals surface area contributed by atoms with E-state index in [2.05, 4.69) is 14.9 Å². The molecule has 0 amide bonds. The number of fused-ring (bicyclic) bond motifs is 1. The summed E-state index contributed by atoms with van der Waals surface area (Å²) in [5, 5.41) is 9.10. The zero-order valence-electron chi connectivity index (χ0n) is 11.9. The standard InChI is InChI=1S/C14H16N4O4/c19-13(20)10-8-17-5-3-15-11(12(17)16-10)18-4-1-2-14(9-18)21-6-7-22-14/h3,5,8H,1-2,4,6-7,9H2,(H,19,20). The molecule has 0 saturated carbocycles. The summed E-state index contributed by atoms with van der Waals surface area (Å²) in [6.07, 6.45) is 6.62. The Kier molecular flexibility index (Phi) is 3.02. The Morgan fingerprint density at radius 3 is 2.95 bits per heavy atom. The number of carboxylic acid groups (broad SMARTS) is 1. The zero-order chi connectivity index (χ0) is 15.2. The molecule has 2 aliphatic heterocycles. The number of rotatable bonds is 2. The average molecular weight is 304 g/mol. The predicted octanol–water partition coefficient (Wildman–Crippen LogP) is 0.771. The third-order valence-electron chi connectivity index (χ3n) is 4.11. The molecule has 8 heteroatoms. The lowest BCUT2D eigenvalue weighted by atomic mass is 10.0. The second-order valence-electron chi connectivity index (χ2n) is 5.55. The zero-order valence-corrected chi connectivity index (χ0v) is 11.9. The van der Waals surface area contributed by atoms with Gasteiger partial charge in [0.15, 0.2) is 22.9 Å². The van der Waals surface area contributed by atoms with Crippen LogP contribution >= 0.6 is 0 Å². The first-order valence-corrected chi connectivity index (χ1v) is 7.27. The molecule has 116 valence electrons. The largest absolute Gasteiger partial charge is 0.476 e. The molecule has 1 N–H and O–H groups in total.